The SMILES string of the molecule is C=C1/C(=C\C=C\C2CCCC([C@H](C)CCCC(C)(C)O)C2(C)C)CCCC1O. The smallest absolute Gasteiger partial charge is 0.0787 e. The minimum atomic E-state index is -0.544. The quantitative estimate of drug-likeness (QED) is 0.516. The third-order valence-corrected chi connectivity index (χ3v) is 7.46. The number of hydrogen-bond donors (Lipinski definition) is 2. The lowest BCUT2D eigenvalue weighted by atomic mass is 9.58. The summed E-state index contributed by atoms with van der Waals surface area (Å²) < 4.78 is 0. The van der Waals surface area contributed by atoms with Crippen molar-refractivity contribution in [3.8, 4) is 0 Å². The summed E-state index contributed by atoms with van der Waals surface area (Å²) in [5.41, 5.74) is 1.89. The lowest BCUT2D eigenvalue weighted by molar-refractivity contribution is 0.0364. The molecule has 2 fully saturated rings. The van der Waals surface area contributed by atoms with Crippen LogP contribution in [-0.2, 0) is 0 Å². The van der Waals surface area contributed by atoms with Crippen molar-refractivity contribution in [1.82, 2.24) is 0 Å². The van der Waals surface area contributed by atoms with E-state index in [1.807, 2.05) is 13.8 Å². The van der Waals surface area contributed by atoms with Crippen LogP contribution in [0.25, 0.3) is 0 Å². The minimum absolute atomic E-state index is 0.296. The molecule has 2 rings (SSSR count). The highest BCUT2D eigenvalue weighted by atomic mass is 16.3. The summed E-state index contributed by atoms with van der Waals surface area (Å²) >= 11 is 0. The lowest BCUT2D eigenvalue weighted by Crippen LogP contribution is -2.39. The largest absolute Gasteiger partial charge is 0.390 e. The molecule has 0 aliphatic heterocycles. The molecule has 0 amide bonds. The van der Waals surface area contributed by atoms with Crippen LogP contribution >= 0.6 is 0 Å². The standard InChI is InChI=1S/C26H44O2/c1-19(11-10-18-25(3,4)28)23-16-9-15-22(26(23,5)6)14-7-12-21-13-8-17-24(27)20(21)2/h7,12,14,19,22-24,27-28H,2,8-11,13,15-18H2,1,3-6H3/b14-7+,21-12-/t19-,22?,23?,24?/m1/s1. The van der Waals surface area contributed by atoms with Crippen molar-refractivity contribution in [3.05, 3.63) is 36.0 Å². The summed E-state index contributed by atoms with van der Waals surface area (Å²) in [4.78, 5) is 0. The molecule has 3 unspecified atom stereocenters. The van der Waals surface area contributed by atoms with Gasteiger partial charge >= 0.3 is 0 Å². The molecule has 0 saturated heterocycles. The molecule has 2 heteroatoms. The van der Waals surface area contributed by atoms with Gasteiger partial charge in [-0.25, -0.2) is 0 Å². The van der Waals surface area contributed by atoms with Crippen molar-refractivity contribution in [2.45, 2.75) is 104 Å². The summed E-state index contributed by atoms with van der Waals surface area (Å²) in [5, 5.41) is 20.0. The van der Waals surface area contributed by atoms with Gasteiger partial charge in [0.1, 0.15) is 0 Å². The average Bonchev–Trinajstić information content (AvgIpc) is 2.58. The summed E-state index contributed by atoms with van der Waals surface area (Å²) in [5.74, 6) is 2.03. The van der Waals surface area contributed by atoms with E-state index in [4.69, 9.17) is 0 Å². The molecule has 2 aliphatic rings. The fourth-order valence-corrected chi connectivity index (χ4v) is 5.53. The molecule has 2 nitrogen and oxygen atoms in total. The van der Waals surface area contributed by atoms with Gasteiger partial charge in [0.25, 0.3) is 0 Å². The topological polar surface area (TPSA) is 40.5 Å². The van der Waals surface area contributed by atoms with Crippen molar-refractivity contribution < 1.29 is 10.2 Å². The molecule has 2 aliphatic carbocycles. The van der Waals surface area contributed by atoms with Crippen molar-refractivity contribution >= 4 is 0 Å². The Kier molecular flexibility index (Phi) is 8.16. The number of hydrogen-bond acceptors (Lipinski definition) is 2. The Labute approximate surface area is 173 Å². The molecule has 2 N–H and O–H groups in total. The monoisotopic (exact) mass is 388 g/mol. The summed E-state index contributed by atoms with van der Waals surface area (Å²) in [7, 11) is 0. The predicted molar refractivity (Wildman–Crippen MR) is 120 cm³/mol. The van der Waals surface area contributed by atoms with E-state index in [9.17, 15) is 10.2 Å². The Morgan fingerprint density at radius 1 is 1.21 bits per heavy atom. The van der Waals surface area contributed by atoms with Crippen molar-refractivity contribution in [2.24, 2.45) is 23.2 Å². The van der Waals surface area contributed by atoms with Crippen molar-refractivity contribution in [1.29, 1.82) is 0 Å². The summed E-state index contributed by atoms with van der Waals surface area (Å²) in [6.07, 6.45) is 16.5. The molecule has 0 spiro atoms. The molecule has 2 saturated carbocycles. The maximum Gasteiger partial charge on any atom is 0.0787 e. The van der Waals surface area contributed by atoms with Crippen LogP contribution in [0.2, 0.25) is 0 Å². The minimum Gasteiger partial charge on any atom is -0.390 e. The first kappa shape index (κ1) is 23.4. The zero-order valence-corrected chi connectivity index (χ0v) is 19.0. The zero-order valence-electron chi connectivity index (χ0n) is 19.0. The highest BCUT2D eigenvalue weighted by molar-refractivity contribution is 5.36. The first-order valence-electron chi connectivity index (χ1n) is 11.5. The fraction of sp³-hybridized carbons (Fsp3) is 0.769. The first-order chi connectivity index (χ1) is 13.0. The van der Waals surface area contributed by atoms with Gasteiger partial charge in [0.15, 0.2) is 0 Å². The van der Waals surface area contributed by atoms with Crippen LogP contribution in [0.5, 0.6) is 0 Å². The highest BCUT2D eigenvalue weighted by Crippen LogP contribution is 2.50. The molecule has 4 atom stereocenters. The lowest BCUT2D eigenvalue weighted by Gasteiger charge is -2.47. The molecular weight excluding hydrogens is 344 g/mol. The Bertz CT molecular complexity index is 576. The normalized spacial score (nSPS) is 31.5. The third kappa shape index (κ3) is 6.32. The number of allylic oxidation sites excluding steroid dienone is 3. The van der Waals surface area contributed by atoms with Gasteiger partial charge < -0.3 is 10.2 Å². The van der Waals surface area contributed by atoms with Gasteiger partial charge in [-0.15, -0.1) is 0 Å². The van der Waals surface area contributed by atoms with E-state index in [-0.39, 0.29) is 6.10 Å². The number of aliphatic hydroxyl groups is 2. The molecule has 0 aromatic rings. The van der Waals surface area contributed by atoms with Crippen LogP contribution < -0.4 is 0 Å². The fourth-order valence-electron chi connectivity index (χ4n) is 5.53. The van der Waals surface area contributed by atoms with Crippen molar-refractivity contribution in [3.63, 3.8) is 0 Å². The molecular formula is C26H44O2. The van der Waals surface area contributed by atoms with Crippen LogP contribution in [0.3, 0.4) is 0 Å². The van der Waals surface area contributed by atoms with Gasteiger partial charge in [0.05, 0.1) is 11.7 Å². The second-order valence-electron chi connectivity index (χ2n) is 10.7. The van der Waals surface area contributed by atoms with Crippen LogP contribution in [0.15, 0.2) is 36.0 Å². The molecule has 28 heavy (non-hydrogen) atoms. The molecule has 0 heterocycles. The molecule has 0 aromatic heterocycles. The van der Waals surface area contributed by atoms with E-state index in [2.05, 4.69) is 45.6 Å². The maximum absolute atomic E-state index is 10.0. The van der Waals surface area contributed by atoms with Gasteiger partial charge in [0, 0.05) is 0 Å². The van der Waals surface area contributed by atoms with Crippen LogP contribution in [0, 0.1) is 23.2 Å². The molecule has 0 bridgehead atoms. The molecule has 0 aromatic carbocycles. The maximum atomic E-state index is 10.0. The van der Waals surface area contributed by atoms with E-state index in [0.29, 0.717) is 17.3 Å². The van der Waals surface area contributed by atoms with Gasteiger partial charge in [-0.1, -0.05) is 64.8 Å². The van der Waals surface area contributed by atoms with E-state index in [1.165, 1.54) is 31.3 Å². The highest BCUT2D eigenvalue weighted by Gasteiger charge is 2.41. The van der Waals surface area contributed by atoms with Gasteiger partial charge in [0.2, 0.25) is 0 Å². The van der Waals surface area contributed by atoms with Crippen LogP contribution in [0.1, 0.15) is 92.4 Å². The number of rotatable bonds is 7. The van der Waals surface area contributed by atoms with E-state index in [0.717, 1.165) is 43.6 Å². The van der Waals surface area contributed by atoms with Gasteiger partial charge in [-0.3, -0.25) is 0 Å². The molecule has 0 radical (unpaired) electrons. The van der Waals surface area contributed by atoms with Gasteiger partial charge in [-0.05, 0) is 86.7 Å². The predicted octanol–water partition coefficient (Wildman–Crippen LogP) is 6.59. The van der Waals surface area contributed by atoms with E-state index < -0.39 is 5.60 Å². The third-order valence-electron chi connectivity index (χ3n) is 7.46. The van der Waals surface area contributed by atoms with Gasteiger partial charge in [-0.2, -0.15) is 0 Å². The van der Waals surface area contributed by atoms with E-state index in [1.54, 1.807) is 0 Å². The zero-order chi connectivity index (χ0) is 20.9. The van der Waals surface area contributed by atoms with Crippen LogP contribution in [-0.4, -0.2) is 21.9 Å². The summed E-state index contributed by atoms with van der Waals surface area (Å²) in [6.45, 7) is 15.2. The Balaban J connectivity index is 1.98. The first-order valence-corrected chi connectivity index (χ1v) is 11.5. The Morgan fingerprint density at radius 3 is 2.61 bits per heavy atom. The second kappa shape index (κ2) is 9.76. The van der Waals surface area contributed by atoms with E-state index >= 15 is 0 Å². The van der Waals surface area contributed by atoms with Crippen molar-refractivity contribution in [2.75, 3.05) is 0 Å². The van der Waals surface area contributed by atoms with Crippen LogP contribution in [0.4, 0.5) is 0 Å². The Hall–Kier alpha value is -0.860. The summed E-state index contributed by atoms with van der Waals surface area (Å²) in [6, 6.07) is 0. The molecule has 160 valence electrons. The second-order valence-corrected chi connectivity index (χ2v) is 10.7. The average molecular weight is 389 g/mol. The Morgan fingerprint density at radius 2 is 1.93 bits per heavy atom. The number of aliphatic hydroxyl groups excluding tert-OH is 1.